The molecule has 0 spiro atoms. The van der Waals surface area contributed by atoms with Gasteiger partial charge in [-0.15, -0.1) is 0 Å². The van der Waals surface area contributed by atoms with E-state index in [4.69, 9.17) is 9.63 Å². The van der Waals surface area contributed by atoms with Gasteiger partial charge < -0.3 is 9.63 Å². The fraction of sp³-hybridized carbons (Fsp3) is 0.429. The summed E-state index contributed by atoms with van der Waals surface area (Å²) in [5.41, 5.74) is 0.519. The average molecular weight is 306 g/mol. The summed E-state index contributed by atoms with van der Waals surface area (Å²) >= 11 is 0. The molecule has 0 aliphatic rings. The molecular formula is C14H18N4O4. The molecule has 0 amide bonds. The Bertz CT molecular complexity index is 623. The summed E-state index contributed by atoms with van der Waals surface area (Å²) in [7, 11) is 0. The van der Waals surface area contributed by atoms with E-state index >= 15 is 0 Å². The molecule has 8 nitrogen and oxygen atoms in total. The lowest BCUT2D eigenvalue weighted by molar-refractivity contribution is -0.384. The Morgan fingerprint density at radius 1 is 1.41 bits per heavy atom. The maximum Gasteiger partial charge on any atom is 0.270 e. The SMILES string of the molecule is CCCN(CCO)Cc1nc(-c2cccc([N+](=O)[O-])c2)no1. The Labute approximate surface area is 127 Å². The van der Waals surface area contributed by atoms with Gasteiger partial charge in [-0.3, -0.25) is 15.0 Å². The monoisotopic (exact) mass is 306 g/mol. The molecule has 0 bridgehead atoms. The van der Waals surface area contributed by atoms with Crippen molar-refractivity contribution in [3.8, 4) is 11.4 Å². The molecule has 2 aromatic rings. The molecule has 0 saturated heterocycles. The maximum atomic E-state index is 10.8. The first-order valence-corrected chi connectivity index (χ1v) is 7.04. The van der Waals surface area contributed by atoms with Gasteiger partial charge in [0.15, 0.2) is 0 Å². The van der Waals surface area contributed by atoms with Gasteiger partial charge in [0.2, 0.25) is 11.7 Å². The highest BCUT2D eigenvalue weighted by molar-refractivity contribution is 5.58. The summed E-state index contributed by atoms with van der Waals surface area (Å²) < 4.78 is 5.19. The van der Waals surface area contributed by atoms with Crippen LogP contribution in [0.4, 0.5) is 5.69 Å². The summed E-state index contributed by atoms with van der Waals surface area (Å²) in [6, 6.07) is 6.10. The van der Waals surface area contributed by atoms with Gasteiger partial charge in [0.05, 0.1) is 18.1 Å². The van der Waals surface area contributed by atoms with Gasteiger partial charge in [-0.05, 0) is 13.0 Å². The molecule has 8 heteroatoms. The van der Waals surface area contributed by atoms with Gasteiger partial charge in [-0.25, -0.2) is 0 Å². The topological polar surface area (TPSA) is 106 Å². The number of aliphatic hydroxyl groups excluding tert-OH is 1. The molecule has 0 saturated carbocycles. The van der Waals surface area contributed by atoms with Crippen molar-refractivity contribution in [2.24, 2.45) is 0 Å². The van der Waals surface area contributed by atoms with Crippen LogP contribution in [0, 0.1) is 10.1 Å². The van der Waals surface area contributed by atoms with E-state index in [0.717, 1.165) is 13.0 Å². The Hall–Kier alpha value is -2.32. The molecule has 0 aliphatic heterocycles. The van der Waals surface area contributed by atoms with Crippen molar-refractivity contribution in [2.75, 3.05) is 19.7 Å². The van der Waals surface area contributed by atoms with Crippen molar-refractivity contribution in [2.45, 2.75) is 19.9 Å². The molecule has 2 rings (SSSR count). The molecule has 0 fully saturated rings. The molecule has 1 aromatic carbocycles. The third-order valence-corrected chi connectivity index (χ3v) is 3.10. The smallest absolute Gasteiger partial charge is 0.270 e. The highest BCUT2D eigenvalue weighted by Crippen LogP contribution is 2.21. The van der Waals surface area contributed by atoms with Crippen molar-refractivity contribution in [3.63, 3.8) is 0 Å². The first-order chi connectivity index (χ1) is 10.6. The van der Waals surface area contributed by atoms with Gasteiger partial charge in [0.25, 0.3) is 5.69 Å². The second-order valence-electron chi connectivity index (χ2n) is 4.82. The zero-order valence-corrected chi connectivity index (χ0v) is 12.3. The van der Waals surface area contributed by atoms with Gasteiger partial charge in [-0.1, -0.05) is 24.2 Å². The second-order valence-corrected chi connectivity index (χ2v) is 4.82. The van der Waals surface area contributed by atoms with Gasteiger partial charge in [-0.2, -0.15) is 4.98 Å². The molecule has 1 aromatic heterocycles. The lowest BCUT2D eigenvalue weighted by Gasteiger charge is -2.17. The van der Waals surface area contributed by atoms with Crippen LogP contribution in [-0.2, 0) is 6.54 Å². The number of aliphatic hydroxyl groups is 1. The van der Waals surface area contributed by atoms with Crippen molar-refractivity contribution in [3.05, 3.63) is 40.3 Å². The largest absolute Gasteiger partial charge is 0.395 e. The Kier molecular flexibility index (Phi) is 5.56. The molecule has 118 valence electrons. The van der Waals surface area contributed by atoms with E-state index in [-0.39, 0.29) is 12.3 Å². The number of nitrogens with zero attached hydrogens (tertiary/aromatic N) is 4. The molecule has 0 radical (unpaired) electrons. The predicted molar refractivity (Wildman–Crippen MR) is 79.0 cm³/mol. The number of benzene rings is 1. The highest BCUT2D eigenvalue weighted by atomic mass is 16.6. The molecular weight excluding hydrogens is 288 g/mol. The summed E-state index contributed by atoms with van der Waals surface area (Å²) in [5, 5.41) is 23.7. The fourth-order valence-corrected chi connectivity index (χ4v) is 2.11. The number of nitro groups is 1. The van der Waals surface area contributed by atoms with Crippen molar-refractivity contribution < 1.29 is 14.6 Å². The van der Waals surface area contributed by atoms with E-state index in [1.807, 2.05) is 11.8 Å². The quantitative estimate of drug-likeness (QED) is 0.586. The van der Waals surface area contributed by atoms with E-state index in [1.54, 1.807) is 12.1 Å². The normalized spacial score (nSPS) is 11.0. The van der Waals surface area contributed by atoms with E-state index in [1.165, 1.54) is 12.1 Å². The van der Waals surface area contributed by atoms with Crippen LogP contribution >= 0.6 is 0 Å². The van der Waals surface area contributed by atoms with E-state index in [0.29, 0.717) is 30.4 Å². The standard InChI is InChI=1S/C14H18N4O4/c1-2-6-17(7-8-19)10-13-15-14(16-22-13)11-4-3-5-12(9-11)18(20)21/h3-5,9,19H,2,6-8,10H2,1H3. The van der Waals surface area contributed by atoms with Crippen LogP contribution in [0.25, 0.3) is 11.4 Å². The zero-order chi connectivity index (χ0) is 15.9. The minimum Gasteiger partial charge on any atom is -0.395 e. The van der Waals surface area contributed by atoms with Crippen LogP contribution < -0.4 is 0 Å². The lowest BCUT2D eigenvalue weighted by Crippen LogP contribution is -2.27. The van der Waals surface area contributed by atoms with Crippen molar-refractivity contribution in [1.82, 2.24) is 15.0 Å². The first kappa shape index (κ1) is 16.1. The Morgan fingerprint density at radius 2 is 2.23 bits per heavy atom. The highest BCUT2D eigenvalue weighted by Gasteiger charge is 2.14. The Morgan fingerprint density at radius 3 is 2.91 bits per heavy atom. The summed E-state index contributed by atoms with van der Waals surface area (Å²) in [6.45, 7) is 3.90. The summed E-state index contributed by atoms with van der Waals surface area (Å²) in [4.78, 5) is 16.6. The van der Waals surface area contributed by atoms with Crippen LogP contribution in [0.15, 0.2) is 28.8 Å². The molecule has 0 unspecified atom stereocenters. The van der Waals surface area contributed by atoms with Crippen molar-refractivity contribution in [1.29, 1.82) is 0 Å². The molecule has 1 heterocycles. The fourth-order valence-electron chi connectivity index (χ4n) is 2.11. The number of rotatable bonds is 8. The van der Waals surface area contributed by atoms with Crippen molar-refractivity contribution >= 4 is 5.69 Å². The Balaban J connectivity index is 2.13. The van der Waals surface area contributed by atoms with Gasteiger partial charge in [0, 0.05) is 24.2 Å². The first-order valence-electron chi connectivity index (χ1n) is 7.04. The summed E-state index contributed by atoms with van der Waals surface area (Å²) in [6.07, 6.45) is 0.950. The number of hydrogen-bond acceptors (Lipinski definition) is 7. The lowest BCUT2D eigenvalue weighted by atomic mass is 10.2. The van der Waals surface area contributed by atoms with Crippen LogP contribution in [0.2, 0.25) is 0 Å². The minimum absolute atomic E-state index is 0.0169. The number of aromatic nitrogens is 2. The number of nitro benzene ring substituents is 1. The maximum absolute atomic E-state index is 10.8. The molecule has 22 heavy (non-hydrogen) atoms. The minimum atomic E-state index is -0.464. The third-order valence-electron chi connectivity index (χ3n) is 3.10. The predicted octanol–water partition coefficient (Wildman–Crippen LogP) is 1.85. The zero-order valence-electron chi connectivity index (χ0n) is 12.3. The van der Waals surface area contributed by atoms with E-state index in [9.17, 15) is 10.1 Å². The molecule has 0 atom stereocenters. The van der Waals surface area contributed by atoms with Gasteiger partial charge in [0.1, 0.15) is 0 Å². The number of hydrogen-bond donors (Lipinski definition) is 1. The molecule has 0 aliphatic carbocycles. The van der Waals surface area contributed by atoms with Crippen LogP contribution in [-0.4, -0.2) is 44.8 Å². The third kappa shape index (κ3) is 4.09. The average Bonchev–Trinajstić information content (AvgIpc) is 2.96. The van der Waals surface area contributed by atoms with Crippen LogP contribution in [0.1, 0.15) is 19.2 Å². The van der Waals surface area contributed by atoms with Crippen LogP contribution in [0.5, 0.6) is 0 Å². The summed E-state index contributed by atoms with van der Waals surface area (Å²) in [5.74, 6) is 0.738. The van der Waals surface area contributed by atoms with E-state index < -0.39 is 4.92 Å². The number of non-ortho nitro benzene ring substituents is 1. The van der Waals surface area contributed by atoms with Gasteiger partial charge >= 0.3 is 0 Å². The van der Waals surface area contributed by atoms with Crippen LogP contribution in [0.3, 0.4) is 0 Å². The molecule has 1 N–H and O–H groups in total. The second kappa shape index (κ2) is 7.62. The van der Waals surface area contributed by atoms with E-state index in [2.05, 4.69) is 10.1 Å².